The van der Waals surface area contributed by atoms with Gasteiger partial charge in [-0.2, -0.15) is 0 Å². The van der Waals surface area contributed by atoms with Gasteiger partial charge in [-0.05, 0) is 13.8 Å². The van der Waals surface area contributed by atoms with Crippen molar-refractivity contribution < 1.29 is 0 Å². The summed E-state index contributed by atoms with van der Waals surface area (Å²) in [6.07, 6.45) is 3.68. The molecule has 6 heteroatoms. The van der Waals surface area contributed by atoms with Crippen LogP contribution in [0.5, 0.6) is 0 Å². The van der Waals surface area contributed by atoms with Crippen molar-refractivity contribution >= 4 is 16.5 Å². The van der Waals surface area contributed by atoms with Crippen LogP contribution in [0.25, 0.3) is 0 Å². The Morgan fingerprint density at radius 2 is 2.27 bits per heavy atom. The summed E-state index contributed by atoms with van der Waals surface area (Å²) >= 11 is 1.55. The molecule has 80 valence electrons. The van der Waals surface area contributed by atoms with Crippen LogP contribution in [0, 0.1) is 13.8 Å². The molecule has 2 aromatic rings. The molecule has 0 aliphatic carbocycles. The van der Waals surface area contributed by atoms with Crippen LogP contribution in [-0.2, 0) is 6.54 Å². The van der Waals surface area contributed by atoms with Crippen molar-refractivity contribution in [2.24, 2.45) is 5.84 Å². The molecule has 0 aliphatic heterocycles. The molecule has 5 nitrogen and oxygen atoms in total. The highest BCUT2D eigenvalue weighted by Gasteiger charge is 2.05. The molecule has 15 heavy (non-hydrogen) atoms. The number of nitrogens with zero attached hydrogens (tertiary/aromatic N) is 3. The third-order valence-corrected chi connectivity index (χ3v) is 3.26. The number of hydrogen-bond acceptors (Lipinski definition) is 5. The average molecular weight is 223 g/mol. The van der Waals surface area contributed by atoms with Gasteiger partial charge in [0, 0.05) is 16.8 Å². The Morgan fingerprint density at radius 1 is 1.47 bits per heavy atom. The van der Waals surface area contributed by atoms with Crippen LogP contribution in [0.15, 0.2) is 12.5 Å². The number of imidazole rings is 1. The van der Waals surface area contributed by atoms with E-state index < -0.39 is 0 Å². The predicted octanol–water partition coefficient (Wildman–Crippen LogP) is 1.29. The van der Waals surface area contributed by atoms with Crippen LogP contribution in [0.3, 0.4) is 0 Å². The van der Waals surface area contributed by atoms with Gasteiger partial charge in [0.05, 0.1) is 18.6 Å². The summed E-state index contributed by atoms with van der Waals surface area (Å²) in [4.78, 5) is 9.52. The third-order valence-electron chi connectivity index (χ3n) is 2.35. The molecule has 0 saturated heterocycles. The fourth-order valence-electron chi connectivity index (χ4n) is 1.32. The summed E-state index contributed by atoms with van der Waals surface area (Å²) in [5.41, 5.74) is 4.79. The fraction of sp³-hybridized carbons (Fsp3) is 0.333. The van der Waals surface area contributed by atoms with Crippen molar-refractivity contribution in [1.82, 2.24) is 14.5 Å². The average Bonchev–Trinajstić information content (AvgIpc) is 2.80. The second-order valence-corrected chi connectivity index (χ2v) is 4.43. The number of aromatic nitrogens is 3. The molecule has 0 aromatic carbocycles. The molecule has 0 saturated carbocycles. The number of nitrogens with one attached hydrogen (secondary N) is 1. The Kier molecular flexibility index (Phi) is 2.70. The minimum atomic E-state index is 0.736. The summed E-state index contributed by atoms with van der Waals surface area (Å²) in [7, 11) is 0. The van der Waals surface area contributed by atoms with Crippen LogP contribution in [0.4, 0.5) is 5.13 Å². The molecule has 0 amide bonds. The first-order chi connectivity index (χ1) is 7.20. The van der Waals surface area contributed by atoms with Gasteiger partial charge < -0.3 is 4.57 Å². The van der Waals surface area contributed by atoms with Crippen molar-refractivity contribution in [2.45, 2.75) is 20.4 Å². The van der Waals surface area contributed by atoms with Gasteiger partial charge in [0.2, 0.25) is 0 Å². The van der Waals surface area contributed by atoms with Gasteiger partial charge in [-0.25, -0.2) is 15.8 Å². The van der Waals surface area contributed by atoms with Gasteiger partial charge in [-0.15, -0.1) is 0 Å². The van der Waals surface area contributed by atoms with Crippen LogP contribution in [0.2, 0.25) is 0 Å². The molecular formula is C9H13N5S. The summed E-state index contributed by atoms with van der Waals surface area (Å²) in [6, 6.07) is 0. The van der Waals surface area contributed by atoms with Gasteiger partial charge in [0.15, 0.2) is 5.13 Å². The van der Waals surface area contributed by atoms with Crippen molar-refractivity contribution in [2.75, 3.05) is 5.43 Å². The van der Waals surface area contributed by atoms with Crippen molar-refractivity contribution in [3.05, 3.63) is 28.8 Å². The zero-order valence-electron chi connectivity index (χ0n) is 8.69. The largest absolute Gasteiger partial charge is 0.329 e. The number of thiazole rings is 1. The maximum absolute atomic E-state index is 5.27. The van der Waals surface area contributed by atoms with Crippen LogP contribution in [0.1, 0.15) is 16.3 Å². The van der Waals surface area contributed by atoms with E-state index in [1.165, 1.54) is 5.69 Å². The van der Waals surface area contributed by atoms with Crippen LogP contribution < -0.4 is 11.3 Å². The van der Waals surface area contributed by atoms with Gasteiger partial charge in [0.25, 0.3) is 0 Å². The maximum atomic E-state index is 5.27. The highest BCUT2D eigenvalue weighted by atomic mass is 32.1. The lowest BCUT2D eigenvalue weighted by Gasteiger charge is -2.01. The first-order valence-corrected chi connectivity index (χ1v) is 5.42. The normalized spacial score (nSPS) is 10.6. The lowest BCUT2D eigenvalue weighted by molar-refractivity contribution is 0.778. The number of hydrazine groups is 1. The molecule has 0 atom stereocenters. The minimum absolute atomic E-state index is 0.736. The maximum Gasteiger partial charge on any atom is 0.197 e. The number of rotatable bonds is 3. The third kappa shape index (κ3) is 2.00. The summed E-state index contributed by atoms with van der Waals surface area (Å²) in [6.45, 7) is 4.86. The topological polar surface area (TPSA) is 68.8 Å². The smallest absolute Gasteiger partial charge is 0.197 e. The predicted molar refractivity (Wildman–Crippen MR) is 60.7 cm³/mol. The lowest BCUT2D eigenvalue weighted by atomic mass is 10.4. The van der Waals surface area contributed by atoms with Crippen molar-refractivity contribution in [1.29, 1.82) is 0 Å². The van der Waals surface area contributed by atoms with Crippen molar-refractivity contribution in [3.63, 3.8) is 0 Å². The quantitative estimate of drug-likeness (QED) is 0.607. The van der Waals surface area contributed by atoms with E-state index in [0.29, 0.717) is 0 Å². The fourth-order valence-corrected chi connectivity index (χ4v) is 2.04. The van der Waals surface area contributed by atoms with E-state index in [4.69, 9.17) is 5.84 Å². The van der Waals surface area contributed by atoms with Gasteiger partial charge in [-0.3, -0.25) is 5.43 Å². The highest BCUT2D eigenvalue weighted by Crippen LogP contribution is 2.18. The minimum Gasteiger partial charge on any atom is -0.329 e. The highest BCUT2D eigenvalue weighted by molar-refractivity contribution is 7.15. The molecule has 0 aliphatic rings. The Morgan fingerprint density at radius 3 is 2.80 bits per heavy atom. The molecule has 0 fully saturated rings. The Labute approximate surface area is 91.9 Å². The van der Waals surface area contributed by atoms with Crippen LogP contribution in [-0.4, -0.2) is 14.5 Å². The Balaban J connectivity index is 2.18. The molecule has 3 N–H and O–H groups in total. The lowest BCUT2D eigenvalue weighted by Crippen LogP contribution is -2.05. The Bertz CT molecular complexity index is 459. The number of nitrogens with two attached hydrogens (primary N) is 1. The molecule has 2 rings (SSSR count). The molecule has 2 aromatic heterocycles. The van der Waals surface area contributed by atoms with E-state index in [1.54, 1.807) is 11.3 Å². The van der Waals surface area contributed by atoms with Gasteiger partial charge in [-0.1, -0.05) is 11.3 Å². The molecule has 0 radical (unpaired) electrons. The first kappa shape index (κ1) is 10.1. The van der Waals surface area contributed by atoms with E-state index >= 15 is 0 Å². The standard InChI is InChI=1S/C9H13N5S/c1-6-7(2)14(5-12-6)4-8-3-11-9(13-10)15-8/h3,5H,4,10H2,1-2H3,(H,11,13). The number of nitrogen functional groups attached to an aromatic ring is 1. The van der Waals surface area contributed by atoms with E-state index in [1.807, 2.05) is 19.4 Å². The molecule has 2 heterocycles. The zero-order valence-corrected chi connectivity index (χ0v) is 9.51. The SMILES string of the molecule is Cc1ncn(Cc2cnc(NN)s2)c1C. The number of aryl methyl sites for hydroxylation is 1. The number of anilines is 1. The van der Waals surface area contributed by atoms with Crippen molar-refractivity contribution in [3.8, 4) is 0 Å². The Hall–Kier alpha value is -1.40. The second-order valence-electron chi connectivity index (χ2n) is 3.32. The van der Waals surface area contributed by atoms with E-state index in [2.05, 4.69) is 26.9 Å². The summed E-state index contributed by atoms with van der Waals surface area (Å²) in [5.74, 6) is 5.27. The van der Waals surface area contributed by atoms with Gasteiger partial charge in [0.1, 0.15) is 0 Å². The first-order valence-electron chi connectivity index (χ1n) is 4.60. The van der Waals surface area contributed by atoms with Gasteiger partial charge >= 0.3 is 0 Å². The summed E-state index contributed by atoms with van der Waals surface area (Å²) < 4.78 is 2.10. The van der Waals surface area contributed by atoms with E-state index in [-0.39, 0.29) is 0 Å². The monoisotopic (exact) mass is 223 g/mol. The van der Waals surface area contributed by atoms with Crippen LogP contribution >= 0.6 is 11.3 Å². The van der Waals surface area contributed by atoms with E-state index in [0.717, 1.165) is 22.2 Å². The zero-order chi connectivity index (χ0) is 10.8. The molecular weight excluding hydrogens is 210 g/mol. The number of hydrogen-bond donors (Lipinski definition) is 2. The molecule has 0 unspecified atom stereocenters. The molecule has 0 bridgehead atoms. The molecule has 0 spiro atoms. The second kappa shape index (κ2) is 4.00. The summed E-state index contributed by atoms with van der Waals surface area (Å²) in [5, 5.41) is 0.736. The van der Waals surface area contributed by atoms with E-state index in [9.17, 15) is 0 Å².